The molecule has 21 heavy (non-hydrogen) atoms. The Bertz CT molecular complexity index is 499. The first-order chi connectivity index (χ1) is 9.52. The fraction of sp³-hybridized carbons (Fsp3) is 0.533. The molecule has 0 spiro atoms. The molecule has 1 aliphatic rings. The van der Waals surface area contributed by atoms with E-state index < -0.39 is 11.6 Å². The third-order valence-corrected chi connectivity index (χ3v) is 4.06. The van der Waals surface area contributed by atoms with Crippen LogP contribution in [0.3, 0.4) is 0 Å². The largest absolute Gasteiger partial charge is 0.341 e. The molecule has 1 saturated carbocycles. The molecule has 2 rings (SSSR count). The van der Waals surface area contributed by atoms with Crippen LogP contribution in [0.2, 0.25) is 0 Å². The lowest BCUT2D eigenvalue weighted by atomic mass is 9.95. The molecule has 2 N–H and O–H groups in total. The Labute approximate surface area is 129 Å². The van der Waals surface area contributed by atoms with Gasteiger partial charge in [-0.1, -0.05) is 12.5 Å². The first kappa shape index (κ1) is 17.9. The molecule has 1 aromatic carbocycles. The highest BCUT2D eigenvalue weighted by Crippen LogP contribution is 2.32. The maximum absolute atomic E-state index is 13.2. The average Bonchev–Trinajstić information content (AvgIpc) is 2.90. The van der Waals surface area contributed by atoms with Gasteiger partial charge in [0.1, 0.15) is 0 Å². The van der Waals surface area contributed by atoms with Gasteiger partial charge in [0.2, 0.25) is 5.91 Å². The van der Waals surface area contributed by atoms with E-state index in [1.54, 1.807) is 11.9 Å². The first-order valence-corrected chi connectivity index (χ1v) is 6.92. The van der Waals surface area contributed by atoms with Gasteiger partial charge in [-0.15, -0.1) is 12.4 Å². The second-order valence-corrected chi connectivity index (χ2v) is 5.48. The van der Waals surface area contributed by atoms with Crippen molar-refractivity contribution in [3.05, 3.63) is 35.4 Å². The number of carbonyl (C=O) groups is 1. The van der Waals surface area contributed by atoms with Gasteiger partial charge in [-0.25, -0.2) is 8.78 Å². The minimum absolute atomic E-state index is 0. The van der Waals surface area contributed by atoms with Gasteiger partial charge in [-0.2, -0.15) is 0 Å². The van der Waals surface area contributed by atoms with Gasteiger partial charge < -0.3 is 10.6 Å². The van der Waals surface area contributed by atoms with E-state index in [0.29, 0.717) is 12.1 Å². The molecule has 6 heteroatoms. The first-order valence-electron chi connectivity index (χ1n) is 6.92. The lowest BCUT2D eigenvalue weighted by molar-refractivity contribution is -0.135. The van der Waals surface area contributed by atoms with E-state index in [1.165, 1.54) is 6.07 Å². The fourth-order valence-corrected chi connectivity index (χ4v) is 2.92. The standard InChI is InChI=1S/C15H20F2N2O.ClH/c1-19(9-10-5-6-13(16)14(17)7-10)15(20)12-4-2-3-11(12)8-18;/h5-7,11-12H,2-4,8-9,18H2,1H3;1H/t11-,12-;/m1./s1. The van der Waals surface area contributed by atoms with Crippen molar-refractivity contribution in [2.75, 3.05) is 13.6 Å². The third-order valence-electron chi connectivity index (χ3n) is 4.06. The normalized spacial score (nSPS) is 21.0. The molecule has 1 aliphatic carbocycles. The highest BCUT2D eigenvalue weighted by Gasteiger charge is 2.33. The SMILES string of the molecule is CN(Cc1ccc(F)c(F)c1)C(=O)[C@@H]1CCC[C@@H]1CN.Cl. The summed E-state index contributed by atoms with van der Waals surface area (Å²) in [6, 6.07) is 3.71. The second kappa shape index (κ2) is 7.71. The molecule has 0 aromatic heterocycles. The Hall–Kier alpha value is -1.20. The zero-order chi connectivity index (χ0) is 14.7. The van der Waals surface area contributed by atoms with Gasteiger partial charge in [0, 0.05) is 19.5 Å². The molecule has 0 saturated heterocycles. The molecule has 1 amide bonds. The number of hydrogen-bond acceptors (Lipinski definition) is 2. The number of amides is 1. The lowest BCUT2D eigenvalue weighted by Gasteiger charge is -2.24. The summed E-state index contributed by atoms with van der Waals surface area (Å²) in [7, 11) is 1.69. The van der Waals surface area contributed by atoms with Crippen molar-refractivity contribution in [2.45, 2.75) is 25.8 Å². The molecule has 1 aromatic rings. The van der Waals surface area contributed by atoms with Gasteiger partial charge in [0.15, 0.2) is 11.6 Å². The summed E-state index contributed by atoms with van der Waals surface area (Å²) in [6.07, 6.45) is 2.88. The molecule has 1 fully saturated rings. The minimum Gasteiger partial charge on any atom is -0.341 e. The van der Waals surface area contributed by atoms with E-state index >= 15 is 0 Å². The van der Waals surface area contributed by atoms with Gasteiger partial charge in [-0.3, -0.25) is 4.79 Å². The number of rotatable bonds is 4. The van der Waals surface area contributed by atoms with Gasteiger partial charge in [-0.05, 0) is 43.0 Å². The number of hydrogen-bond donors (Lipinski definition) is 1. The molecule has 3 nitrogen and oxygen atoms in total. The molecular formula is C15H21ClF2N2O. The summed E-state index contributed by atoms with van der Waals surface area (Å²) in [5.41, 5.74) is 6.27. The van der Waals surface area contributed by atoms with Gasteiger partial charge in [0.05, 0.1) is 0 Å². The molecule has 0 heterocycles. The molecule has 0 aliphatic heterocycles. The van der Waals surface area contributed by atoms with Crippen LogP contribution >= 0.6 is 12.4 Å². The van der Waals surface area contributed by atoms with E-state index in [-0.39, 0.29) is 36.7 Å². The lowest BCUT2D eigenvalue weighted by Crippen LogP contribution is -2.36. The van der Waals surface area contributed by atoms with Crippen molar-refractivity contribution in [2.24, 2.45) is 17.6 Å². The third kappa shape index (κ3) is 4.14. The summed E-state index contributed by atoms with van der Waals surface area (Å²) < 4.78 is 26.0. The quantitative estimate of drug-likeness (QED) is 0.928. The number of benzene rings is 1. The highest BCUT2D eigenvalue weighted by molar-refractivity contribution is 5.85. The maximum Gasteiger partial charge on any atom is 0.226 e. The van der Waals surface area contributed by atoms with Crippen molar-refractivity contribution in [1.29, 1.82) is 0 Å². The highest BCUT2D eigenvalue weighted by atomic mass is 35.5. The summed E-state index contributed by atoms with van der Waals surface area (Å²) in [6.45, 7) is 0.805. The van der Waals surface area contributed by atoms with Crippen LogP contribution in [0.15, 0.2) is 18.2 Å². The Morgan fingerprint density at radius 3 is 2.67 bits per heavy atom. The molecule has 118 valence electrons. The Kier molecular flexibility index (Phi) is 6.55. The summed E-state index contributed by atoms with van der Waals surface area (Å²) in [4.78, 5) is 13.9. The van der Waals surface area contributed by atoms with Crippen LogP contribution in [0.4, 0.5) is 8.78 Å². The van der Waals surface area contributed by atoms with Crippen molar-refractivity contribution in [3.8, 4) is 0 Å². The predicted molar refractivity (Wildman–Crippen MR) is 80.0 cm³/mol. The van der Waals surface area contributed by atoms with Crippen LogP contribution in [0, 0.1) is 23.5 Å². The van der Waals surface area contributed by atoms with Crippen LogP contribution in [0.25, 0.3) is 0 Å². The zero-order valence-electron chi connectivity index (χ0n) is 12.0. The Morgan fingerprint density at radius 2 is 2.05 bits per heavy atom. The second-order valence-electron chi connectivity index (χ2n) is 5.48. The summed E-state index contributed by atoms with van der Waals surface area (Å²) in [5.74, 6) is -1.50. The van der Waals surface area contributed by atoms with Crippen LogP contribution in [-0.4, -0.2) is 24.4 Å². The Morgan fingerprint density at radius 1 is 1.33 bits per heavy atom. The van der Waals surface area contributed by atoms with E-state index in [9.17, 15) is 13.6 Å². The summed E-state index contributed by atoms with van der Waals surface area (Å²) in [5, 5.41) is 0. The molecule has 0 unspecified atom stereocenters. The number of nitrogens with two attached hydrogens (primary N) is 1. The van der Waals surface area contributed by atoms with E-state index in [1.807, 2.05) is 0 Å². The van der Waals surface area contributed by atoms with Crippen LogP contribution in [0.5, 0.6) is 0 Å². The van der Waals surface area contributed by atoms with Crippen molar-refractivity contribution < 1.29 is 13.6 Å². The number of nitrogens with zero attached hydrogens (tertiary/aromatic N) is 1. The van der Waals surface area contributed by atoms with Crippen LogP contribution < -0.4 is 5.73 Å². The molecule has 2 atom stereocenters. The number of carbonyl (C=O) groups excluding carboxylic acids is 1. The van der Waals surface area contributed by atoms with E-state index in [4.69, 9.17) is 5.73 Å². The monoisotopic (exact) mass is 318 g/mol. The predicted octanol–water partition coefficient (Wildman–Crippen LogP) is 2.72. The zero-order valence-corrected chi connectivity index (χ0v) is 12.8. The van der Waals surface area contributed by atoms with Gasteiger partial charge >= 0.3 is 0 Å². The topological polar surface area (TPSA) is 46.3 Å². The smallest absolute Gasteiger partial charge is 0.226 e. The van der Waals surface area contributed by atoms with Crippen molar-refractivity contribution in [3.63, 3.8) is 0 Å². The fourth-order valence-electron chi connectivity index (χ4n) is 2.92. The van der Waals surface area contributed by atoms with E-state index in [2.05, 4.69) is 0 Å². The van der Waals surface area contributed by atoms with Crippen molar-refractivity contribution >= 4 is 18.3 Å². The van der Waals surface area contributed by atoms with Crippen molar-refractivity contribution in [1.82, 2.24) is 4.90 Å². The van der Waals surface area contributed by atoms with Gasteiger partial charge in [0.25, 0.3) is 0 Å². The number of halogens is 3. The maximum atomic E-state index is 13.2. The minimum atomic E-state index is -0.885. The molecule has 0 bridgehead atoms. The molecular weight excluding hydrogens is 298 g/mol. The molecule has 0 radical (unpaired) electrons. The summed E-state index contributed by atoms with van der Waals surface area (Å²) >= 11 is 0. The average molecular weight is 319 g/mol. The Balaban J connectivity index is 0.00000220. The van der Waals surface area contributed by atoms with Crippen LogP contribution in [0.1, 0.15) is 24.8 Å². The van der Waals surface area contributed by atoms with Crippen LogP contribution in [-0.2, 0) is 11.3 Å². The van der Waals surface area contributed by atoms with E-state index in [0.717, 1.165) is 31.4 Å².